The van der Waals surface area contributed by atoms with Crippen LogP contribution in [0.1, 0.15) is 34.3 Å². The third-order valence-corrected chi connectivity index (χ3v) is 4.85. The standard InChI is InChI=1S/C21H24N2O4/c1-14-9-10-15(19(12-14)27-2)13-22-20(25)17-7-5-11-23(17)21(26)16-6-3-4-8-18(16)24/h3-4,6,8-10,12,17,24H,5,7,11,13H2,1-2H3,(H,22,25). The number of para-hydroxylation sites is 1. The number of hydrogen-bond donors (Lipinski definition) is 2. The van der Waals surface area contributed by atoms with Gasteiger partial charge in [-0.2, -0.15) is 0 Å². The molecule has 2 aromatic carbocycles. The lowest BCUT2D eigenvalue weighted by Crippen LogP contribution is -2.45. The summed E-state index contributed by atoms with van der Waals surface area (Å²) in [4.78, 5) is 27.0. The zero-order valence-corrected chi connectivity index (χ0v) is 15.6. The highest BCUT2D eigenvalue weighted by molar-refractivity contribution is 5.99. The Kier molecular flexibility index (Phi) is 5.64. The first-order valence-corrected chi connectivity index (χ1v) is 9.01. The maximum absolute atomic E-state index is 12.8. The lowest BCUT2D eigenvalue weighted by Gasteiger charge is -2.24. The third kappa shape index (κ3) is 4.05. The van der Waals surface area contributed by atoms with Crippen molar-refractivity contribution in [2.45, 2.75) is 32.4 Å². The van der Waals surface area contributed by atoms with Gasteiger partial charge in [-0.05, 0) is 43.5 Å². The molecule has 1 heterocycles. The molecule has 3 rings (SSSR count). The predicted molar refractivity (Wildman–Crippen MR) is 102 cm³/mol. The van der Waals surface area contributed by atoms with Crippen molar-refractivity contribution in [1.29, 1.82) is 0 Å². The molecule has 1 atom stereocenters. The van der Waals surface area contributed by atoms with Gasteiger partial charge in [0.25, 0.3) is 5.91 Å². The summed E-state index contributed by atoms with van der Waals surface area (Å²) in [6.07, 6.45) is 1.36. The number of rotatable bonds is 5. The van der Waals surface area contributed by atoms with Crippen LogP contribution in [0, 0.1) is 6.92 Å². The summed E-state index contributed by atoms with van der Waals surface area (Å²) in [5.74, 6) is 0.138. The molecule has 1 unspecified atom stereocenters. The summed E-state index contributed by atoms with van der Waals surface area (Å²) in [6.45, 7) is 2.81. The highest BCUT2D eigenvalue weighted by Gasteiger charge is 2.35. The van der Waals surface area contributed by atoms with E-state index in [0.717, 1.165) is 23.3 Å². The number of amides is 2. The number of carbonyl (C=O) groups is 2. The molecule has 1 saturated heterocycles. The fourth-order valence-corrected chi connectivity index (χ4v) is 3.39. The normalized spacial score (nSPS) is 16.2. The van der Waals surface area contributed by atoms with Crippen molar-refractivity contribution in [2.75, 3.05) is 13.7 Å². The Labute approximate surface area is 158 Å². The molecule has 0 radical (unpaired) electrons. The molecule has 0 aromatic heterocycles. The minimum Gasteiger partial charge on any atom is -0.507 e. The van der Waals surface area contributed by atoms with E-state index in [0.29, 0.717) is 19.5 Å². The number of hydrogen-bond acceptors (Lipinski definition) is 4. The van der Waals surface area contributed by atoms with Gasteiger partial charge in [-0.15, -0.1) is 0 Å². The number of carbonyl (C=O) groups excluding carboxylic acids is 2. The van der Waals surface area contributed by atoms with E-state index >= 15 is 0 Å². The number of benzene rings is 2. The first kappa shape index (κ1) is 18.8. The molecule has 27 heavy (non-hydrogen) atoms. The number of nitrogens with one attached hydrogen (secondary N) is 1. The molecule has 142 valence electrons. The molecular weight excluding hydrogens is 344 g/mol. The quantitative estimate of drug-likeness (QED) is 0.850. The first-order chi connectivity index (χ1) is 13.0. The van der Waals surface area contributed by atoms with Crippen molar-refractivity contribution >= 4 is 11.8 Å². The second kappa shape index (κ2) is 8.12. The van der Waals surface area contributed by atoms with E-state index in [2.05, 4.69) is 5.32 Å². The van der Waals surface area contributed by atoms with Gasteiger partial charge in [-0.25, -0.2) is 0 Å². The van der Waals surface area contributed by atoms with Gasteiger partial charge >= 0.3 is 0 Å². The number of ether oxygens (including phenoxy) is 1. The van der Waals surface area contributed by atoms with Crippen LogP contribution >= 0.6 is 0 Å². The maximum Gasteiger partial charge on any atom is 0.258 e. The molecule has 0 bridgehead atoms. The summed E-state index contributed by atoms with van der Waals surface area (Å²) >= 11 is 0. The van der Waals surface area contributed by atoms with Gasteiger partial charge in [0.2, 0.25) is 5.91 Å². The van der Waals surface area contributed by atoms with E-state index in [4.69, 9.17) is 4.74 Å². The van der Waals surface area contributed by atoms with E-state index in [9.17, 15) is 14.7 Å². The van der Waals surface area contributed by atoms with Crippen LogP contribution in [0.3, 0.4) is 0 Å². The van der Waals surface area contributed by atoms with Gasteiger partial charge < -0.3 is 20.1 Å². The van der Waals surface area contributed by atoms with Crippen LogP contribution in [0.2, 0.25) is 0 Å². The van der Waals surface area contributed by atoms with Gasteiger partial charge in [-0.1, -0.05) is 24.3 Å². The lowest BCUT2D eigenvalue weighted by molar-refractivity contribution is -0.125. The summed E-state index contributed by atoms with van der Waals surface area (Å²) in [5, 5.41) is 12.8. The van der Waals surface area contributed by atoms with Gasteiger partial charge in [0.1, 0.15) is 17.5 Å². The Morgan fingerprint density at radius 1 is 1.26 bits per heavy atom. The summed E-state index contributed by atoms with van der Waals surface area (Å²) in [5.41, 5.74) is 2.18. The zero-order chi connectivity index (χ0) is 19.4. The molecule has 0 aliphatic carbocycles. The summed E-state index contributed by atoms with van der Waals surface area (Å²) < 4.78 is 5.37. The molecule has 6 nitrogen and oxygen atoms in total. The topological polar surface area (TPSA) is 78.9 Å². The van der Waals surface area contributed by atoms with Crippen LogP contribution in [0.4, 0.5) is 0 Å². The molecule has 6 heteroatoms. The van der Waals surface area contributed by atoms with Crippen LogP contribution in [0.15, 0.2) is 42.5 Å². The van der Waals surface area contributed by atoms with Gasteiger partial charge in [0, 0.05) is 18.7 Å². The molecule has 2 amide bonds. The van der Waals surface area contributed by atoms with E-state index in [-0.39, 0.29) is 23.1 Å². The van der Waals surface area contributed by atoms with E-state index in [1.54, 1.807) is 25.3 Å². The third-order valence-electron chi connectivity index (χ3n) is 4.85. The molecule has 1 aliphatic heterocycles. The fraction of sp³-hybridized carbons (Fsp3) is 0.333. The highest BCUT2D eigenvalue weighted by atomic mass is 16.5. The maximum atomic E-state index is 12.8. The first-order valence-electron chi connectivity index (χ1n) is 9.01. The molecule has 1 aliphatic rings. The predicted octanol–water partition coefficient (Wildman–Crippen LogP) is 2.63. The average molecular weight is 368 g/mol. The van der Waals surface area contributed by atoms with Crippen molar-refractivity contribution in [3.8, 4) is 11.5 Å². The van der Waals surface area contributed by atoms with Crippen LogP contribution in [-0.4, -0.2) is 41.5 Å². The molecule has 0 saturated carbocycles. The second-order valence-electron chi connectivity index (χ2n) is 6.71. The van der Waals surface area contributed by atoms with Gasteiger partial charge in [0.15, 0.2) is 0 Å². The Bertz CT molecular complexity index is 850. The molecule has 1 fully saturated rings. The van der Waals surface area contributed by atoms with E-state index in [1.165, 1.54) is 11.0 Å². The lowest BCUT2D eigenvalue weighted by atomic mass is 10.1. The Morgan fingerprint density at radius 2 is 2.04 bits per heavy atom. The van der Waals surface area contributed by atoms with Gasteiger partial charge in [-0.3, -0.25) is 9.59 Å². The zero-order valence-electron chi connectivity index (χ0n) is 15.6. The van der Waals surface area contributed by atoms with Crippen LogP contribution in [-0.2, 0) is 11.3 Å². The van der Waals surface area contributed by atoms with Crippen molar-refractivity contribution in [3.05, 3.63) is 59.2 Å². The minimum absolute atomic E-state index is 0.0713. The fourth-order valence-electron chi connectivity index (χ4n) is 3.39. The summed E-state index contributed by atoms with van der Waals surface area (Å²) in [7, 11) is 1.60. The Hall–Kier alpha value is -3.02. The molecule has 2 N–H and O–H groups in total. The number of likely N-dealkylation sites (tertiary alicyclic amines) is 1. The molecule has 0 spiro atoms. The number of phenolic OH excluding ortho intramolecular Hbond substituents is 1. The van der Waals surface area contributed by atoms with Gasteiger partial charge in [0.05, 0.1) is 12.7 Å². The summed E-state index contributed by atoms with van der Waals surface area (Å²) in [6, 6.07) is 11.7. The second-order valence-corrected chi connectivity index (χ2v) is 6.71. The molecule has 2 aromatic rings. The van der Waals surface area contributed by atoms with E-state index < -0.39 is 6.04 Å². The van der Waals surface area contributed by atoms with Crippen molar-refractivity contribution in [3.63, 3.8) is 0 Å². The largest absolute Gasteiger partial charge is 0.507 e. The highest BCUT2D eigenvalue weighted by Crippen LogP contribution is 2.25. The average Bonchev–Trinajstić information content (AvgIpc) is 3.16. The van der Waals surface area contributed by atoms with Crippen molar-refractivity contribution in [1.82, 2.24) is 10.2 Å². The number of aromatic hydroxyl groups is 1. The smallest absolute Gasteiger partial charge is 0.258 e. The number of aryl methyl sites for hydroxylation is 1. The van der Waals surface area contributed by atoms with Crippen LogP contribution in [0.25, 0.3) is 0 Å². The number of methoxy groups -OCH3 is 1. The van der Waals surface area contributed by atoms with Crippen molar-refractivity contribution < 1.29 is 19.4 Å². The van der Waals surface area contributed by atoms with Crippen molar-refractivity contribution in [2.24, 2.45) is 0 Å². The number of nitrogens with zero attached hydrogens (tertiary/aromatic N) is 1. The van der Waals surface area contributed by atoms with Crippen LogP contribution < -0.4 is 10.1 Å². The SMILES string of the molecule is COc1cc(C)ccc1CNC(=O)C1CCCN1C(=O)c1ccccc1O. The van der Waals surface area contributed by atoms with E-state index in [1.807, 2.05) is 25.1 Å². The van der Waals surface area contributed by atoms with Crippen LogP contribution in [0.5, 0.6) is 11.5 Å². The number of phenols is 1. The minimum atomic E-state index is -0.534. The monoisotopic (exact) mass is 368 g/mol. The Morgan fingerprint density at radius 3 is 2.78 bits per heavy atom. The molecular formula is C21H24N2O4. The Balaban J connectivity index is 1.69.